The van der Waals surface area contributed by atoms with E-state index in [1.54, 1.807) is 7.11 Å². The Labute approximate surface area is 165 Å². The Morgan fingerprint density at radius 3 is 1.96 bits per heavy atom. The largest absolute Gasteiger partial charge is 0.497 e. The van der Waals surface area contributed by atoms with Crippen molar-refractivity contribution in [3.8, 4) is 5.75 Å². The Morgan fingerprint density at radius 1 is 0.893 bits per heavy atom. The number of sulfonamides is 1. The number of piperazine rings is 1. The molecule has 1 heterocycles. The number of hydrogen-bond donors (Lipinski definition) is 1. The Balaban J connectivity index is 1.83. The summed E-state index contributed by atoms with van der Waals surface area (Å²) in [5.74, 6) is 0.787. The lowest BCUT2D eigenvalue weighted by Gasteiger charge is -2.38. The molecule has 1 fully saturated rings. The maximum absolute atomic E-state index is 12.2. The zero-order valence-electron chi connectivity index (χ0n) is 15.7. The molecule has 0 aromatic heterocycles. The van der Waals surface area contributed by atoms with Gasteiger partial charge < -0.3 is 14.5 Å². The normalized spacial score (nSPS) is 15.5. The highest BCUT2D eigenvalue weighted by Gasteiger charge is 2.24. The molecule has 152 valence electrons. The topological polar surface area (TPSA) is 110 Å². The molecule has 0 spiro atoms. The first-order valence-electron chi connectivity index (χ1n) is 8.60. The molecule has 28 heavy (non-hydrogen) atoms. The summed E-state index contributed by atoms with van der Waals surface area (Å²) in [6, 6.07) is 11.8. The molecule has 0 bridgehead atoms. The summed E-state index contributed by atoms with van der Waals surface area (Å²) in [6.07, 6.45) is 1.06. The van der Waals surface area contributed by atoms with Gasteiger partial charge in [-0.1, -0.05) is 0 Å². The molecule has 0 unspecified atom stereocenters. The smallest absolute Gasteiger partial charge is 0.238 e. The van der Waals surface area contributed by atoms with Gasteiger partial charge in [0.2, 0.25) is 10.0 Å². The quantitative estimate of drug-likeness (QED) is 0.763. The Bertz CT molecular complexity index is 1060. The van der Waals surface area contributed by atoms with Crippen molar-refractivity contribution < 1.29 is 21.6 Å². The highest BCUT2D eigenvalue weighted by Crippen LogP contribution is 2.30. The van der Waals surface area contributed by atoms with Crippen molar-refractivity contribution in [2.24, 2.45) is 5.14 Å². The molecular formula is C18H23N3O5S2. The van der Waals surface area contributed by atoms with Crippen LogP contribution in [0.25, 0.3) is 0 Å². The van der Waals surface area contributed by atoms with Crippen molar-refractivity contribution >= 4 is 31.2 Å². The number of rotatable bonds is 5. The molecular weight excluding hydrogens is 402 g/mol. The van der Waals surface area contributed by atoms with Crippen LogP contribution < -0.4 is 19.7 Å². The minimum atomic E-state index is -3.99. The molecule has 0 atom stereocenters. The van der Waals surface area contributed by atoms with E-state index >= 15 is 0 Å². The number of nitrogens with zero attached hydrogens (tertiary/aromatic N) is 2. The van der Waals surface area contributed by atoms with E-state index in [9.17, 15) is 16.8 Å². The lowest BCUT2D eigenvalue weighted by atomic mass is 10.2. The van der Waals surface area contributed by atoms with Crippen molar-refractivity contribution in [3.63, 3.8) is 0 Å². The van der Waals surface area contributed by atoms with Gasteiger partial charge in [0.25, 0.3) is 0 Å². The average Bonchev–Trinajstić information content (AvgIpc) is 2.66. The van der Waals surface area contributed by atoms with E-state index in [2.05, 4.69) is 4.90 Å². The molecule has 0 amide bonds. The summed E-state index contributed by atoms with van der Waals surface area (Å²) >= 11 is 0. The van der Waals surface area contributed by atoms with E-state index in [4.69, 9.17) is 9.88 Å². The van der Waals surface area contributed by atoms with Gasteiger partial charge in [-0.15, -0.1) is 0 Å². The predicted octanol–water partition coefficient (Wildman–Crippen LogP) is 1.07. The van der Waals surface area contributed by atoms with E-state index in [0.717, 1.165) is 23.8 Å². The van der Waals surface area contributed by atoms with Crippen molar-refractivity contribution in [3.05, 3.63) is 42.5 Å². The molecule has 2 aromatic carbocycles. The van der Waals surface area contributed by atoms with E-state index in [0.29, 0.717) is 31.9 Å². The highest BCUT2D eigenvalue weighted by molar-refractivity contribution is 7.91. The fourth-order valence-electron chi connectivity index (χ4n) is 3.23. The van der Waals surface area contributed by atoms with Gasteiger partial charge in [-0.05, 0) is 42.5 Å². The monoisotopic (exact) mass is 425 g/mol. The fraction of sp³-hybridized carbons (Fsp3) is 0.333. The maximum atomic E-state index is 12.2. The van der Waals surface area contributed by atoms with Crippen LogP contribution in [0.4, 0.5) is 11.4 Å². The molecule has 1 saturated heterocycles. The van der Waals surface area contributed by atoms with Gasteiger partial charge in [0.1, 0.15) is 5.75 Å². The molecule has 1 aliphatic heterocycles. The van der Waals surface area contributed by atoms with E-state index < -0.39 is 19.9 Å². The second-order valence-electron chi connectivity index (χ2n) is 6.62. The van der Waals surface area contributed by atoms with Crippen LogP contribution in [0.1, 0.15) is 0 Å². The van der Waals surface area contributed by atoms with Crippen LogP contribution in [-0.2, 0) is 19.9 Å². The van der Waals surface area contributed by atoms with Gasteiger partial charge in [0.15, 0.2) is 9.84 Å². The van der Waals surface area contributed by atoms with Gasteiger partial charge in [0, 0.05) is 38.1 Å². The Kier molecular flexibility index (Phi) is 5.55. The van der Waals surface area contributed by atoms with Gasteiger partial charge >= 0.3 is 0 Å². The van der Waals surface area contributed by atoms with Gasteiger partial charge in [-0.3, -0.25) is 0 Å². The number of hydrogen-bond acceptors (Lipinski definition) is 7. The Morgan fingerprint density at radius 2 is 1.46 bits per heavy atom. The van der Waals surface area contributed by atoms with Gasteiger partial charge in [0.05, 0.1) is 22.6 Å². The molecule has 0 radical (unpaired) electrons. The first kappa shape index (κ1) is 20.4. The van der Waals surface area contributed by atoms with E-state index in [-0.39, 0.29) is 9.79 Å². The minimum Gasteiger partial charge on any atom is -0.497 e. The van der Waals surface area contributed by atoms with Crippen LogP contribution in [-0.4, -0.2) is 56.4 Å². The maximum Gasteiger partial charge on any atom is 0.238 e. The standard InChI is InChI=1S/C18H23N3O5S2/c1-26-15-5-3-14(4-6-15)20-9-11-21(12-10-20)17-8-7-16(28(19,24)25)13-18(17)27(2,22)23/h3-8,13H,9-12H2,1-2H3,(H2,19,24,25). The fourth-order valence-corrected chi connectivity index (χ4v) is 4.76. The lowest BCUT2D eigenvalue weighted by Crippen LogP contribution is -2.47. The van der Waals surface area contributed by atoms with Crippen LogP contribution in [0.15, 0.2) is 52.3 Å². The van der Waals surface area contributed by atoms with Crippen molar-refractivity contribution in [1.82, 2.24) is 0 Å². The Hall–Kier alpha value is -2.30. The van der Waals surface area contributed by atoms with Crippen molar-refractivity contribution in [1.29, 1.82) is 0 Å². The molecule has 10 heteroatoms. The zero-order chi connectivity index (χ0) is 20.5. The summed E-state index contributed by atoms with van der Waals surface area (Å²) in [5.41, 5.74) is 1.55. The third-order valence-corrected chi connectivity index (χ3v) is 6.75. The first-order valence-corrected chi connectivity index (χ1v) is 12.0. The van der Waals surface area contributed by atoms with E-state index in [1.807, 2.05) is 29.2 Å². The molecule has 8 nitrogen and oxygen atoms in total. The van der Waals surface area contributed by atoms with Gasteiger partial charge in [-0.25, -0.2) is 22.0 Å². The third-order valence-electron chi connectivity index (χ3n) is 4.72. The number of benzene rings is 2. The summed E-state index contributed by atoms with van der Waals surface area (Å²) in [7, 11) is -5.99. The summed E-state index contributed by atoms with van der Waals surface area (Å²) in [4.78, 5) is 3.91. The number of sulfone groups is 1. The third kappa shape index (κ3) is 4.40. The van der Waals surface area contributed by atoms with Crippen molar-refractivity contribution in [2.75, 3.05) is 49.3 Å². The molecule has 2 N–H and O–H groups in total. The highest BCUT2D eigenvalue weighted by atomic mass is 32.2. The SMILES string of the molecule is COc1ccc(N2CCN(c3ccc(S(N)(=O)=O)cc3S(C)(=O)=O)CC2)cc1. The number of primary sulfonamides is 1. The van der Waals surface area contributed by atoms with Crippen molar-refractivity contribution in [2.45, 2.75) is 9.79 Å². The minimum absolute atomic E-state index is 0.0306. The average molecular weight is 426 g/mol. The predicted molar refractivity (Wildman–Crippen MR) is 108 cm³/mol. The van der Waals surface area contributed by atoms with Crippen LogP contribution in [0.3, 0.4) is 0 Å². The summed E-state index contributed by atoms with van der Waals surface area (Å²) in [6.45, 7) is 2.60. The molecule has 2 aromatic rings. The summed E-state index contributed by atoms with van der Waals surface area (Å²) < 4.78 is 52.8. The number of anilines is 2. The van der Waals surface area contributed by atoms with Gasteiger partial charge in [-0.2, -0.15) is 0 Å². The zero-order valence-corrected chi connectivity index (χ0v) is 17.3. The lowest BCUT2D eigenvalue weighted by molar-refractivity contribution is 0.415. The van der Waals surface area contributed by atoms with Crippen LogP contribution >= 0.6 is 0 Å². The number of nitrogens with two attached hydrogens (primary N) is 1. The van der Waals surface area contributed by atoms with Crippen LogP contribution in [0, 0.1) is 0 Å². The van der Waals surface area contributed by atoms with E-state index in [1.165, 1.54) is 12.1 Å². The molecule has 3 rings (SSSR count). The first-order chi connectivity index (χ1) is 13.1. The number of ether oxygens (including phenoxy) is 1. The number of methoxy groups -OCH3 is 1. The second-order valence-corrected chi connectivity index (χ2v) is 10.2. The second kappa shape index (κ2) is 7.61. The van der Waals surface area contributed by atoms with Crippen LogP contribution in [0.2, 0.25) is 0 Å². The molecule has 0 saturated carbocycles. The molecule has 1 aliphatic rings. The molecule has 0 aliphatic carbocycles. The van der Waals surface area contributed by atoms with Crippen LogP contribution in [0.5, 0.6) is 5.75 Å². The summed E-state index contributed by atoms with van der Waals surface area (Å²) in [5, 5.41) is 5.15.